The van der Waals surface area contributed by atoms with Gasteiger partial charge in [0.2, 0.25) is 11.8 Å². The molecule has 0 saturated heterocycles. The molecule has 3 amide bonds. The summed E-state index contributed by atoms with van der Waals surface area (Å²) in [5, 5.41) is 24.5. The second-order valence-corrected chi connectivity index (χ2v) is 9.23. The Morgan fingerprint density at radius 1 is 1.08 bits per heavy atom. The van der Waals surface area contributed by atoms with Crippen molar-refractivity contribution < 1.29 is 38.9 Å². The van der Waals surface area contributed by atoms with Crippen LogP contribution in [0.2, 0.25) is 0 Å². The van der Waals surface area contributed by atoms with Gasteiger partial charge in [-0.2, -0.15) is 0 Å². The number of rotatable bonds is 12. The average Bonchev–Trinajstić information content (AvgIpc) is 2.78. The fourth-order valence-electron chi connectivity index (χ4n) is 3.33. The Balaban J connectivity index is 3.29. The van der Waals surface area contributed by atoms with Crippen LogP contribution in [0.15, 0.2) is 18.2 Å². The van der Waals surface area contributed by atoms with Crippen LogP contribution in [0.3, 0.4) is 0 Å². The van der Waals surface area contributed by atoms with Crippen LogP contribution >= 0.6 is 0 Å². The molecule has 1 aromatic carbocycles. The summed E-state index contributed by atoms with van der Waals surface area (Å²) in [5.74, 6) is -1.87. The minimum atomic E-state index is -1.42. The van der Waals surface area contributed by atoms with E-state index in [0.29, 0.717) is 5.56 Å². The standard InChI is InChI=1S/C25H39N3O8/c1-7-35-20(31)10-11-26-22(32)21(18-9-8-16(2)17(3)14-18)28(12-13-29)23(33)19(15-30)27-24(34)36-25(4,5)6/h8-9,14,19,21,29-30H,7,10-13,15H2,1-6H3,(H,26,32)(H,27,34). The van der Waals surface area contributed by atoms with E-state index in [1.165, 1.54) is 0 Å². The number of nitrogens with zero attached hydrogens (tertiary/aromatic N) is 1. The maximum atomic E-state index is 13.4. The Hall–Kier alpha value is -3.18. The predicted molar refractivity (Wildman–Crippen MR) is 132 cm³/mol. The third-order valence-electron chi connectivity index (χ3n) is 5.14. The van der Waals surface area contributed by atoms with Gasteiger partial charge in [0, 0.05) is 13.1 Å². The van der Waals surface area contributed by atoms with Crippen LogP contribution in [0.1, 0.15) is 56.8 Å². The second-order valence-electron chi connectivity index (χ2n) is 9.23. The monoisotopic (exact) mass is 509 g/mol. The first-order chi connectivity index (χ1) is 16.8. The highest BCUT2D eigenvalue weighted by Gasteiger charge is 2.36. The lowest BCUT2D eigenvalue weighted by Crippen LogP contribution is -2.55. The number of ether oxygens (including phenoxy) is 2. The number of aliphatic hydroxyl groups is 2. The van der Waals surface area contributed by atoms with Gasteiger partial charge in [0.25, 0.3) is 0 Å². The molecule has 11 heteroatoms. The number of carbonyl (C=O) groups excluding carboxylic acids is 4. The molecule has 0 aromatic heterocycles. The normalized spacial score (nSPS) is 12.8. The molecule has 0 aliphatic heterocycles. The minimum absolute atomic E-state index is 0.0280. The van der Waals surface area contributed by atoms with Crippen molar-refractivity contribution >= 4 is 23.9 Å². The number of hydrogen-bond acceptors (Lipinski definition) is 8. The maximum absolute atomic E-state index is 13.4. The molecule has 1 aromatic rings. The van der Waals surface area contributed by atoms with Crippen molar-refractivity contribution in [1.29, 1.82) is 0 Å². The van der Waals surface area contributed by atoms with Crippen LogP contribution in [0.25, 0.3) is 0 Å². The van der Waals surface area contributed by atoms with Gasteiger partial charge in [-0.05, 0) is 58.2 Å². The van der Waals surface area contributed by atoms with E-state index in [9.17, 15) is 29.4 Å². The molecule has 0 heterocycles. The highest BCUT2D eigenvalue weighted by molar-refractivity contribution is 5.92. The predicted octanol–water partition coefficient (Wildman–Crippen LogP) is 1.12. The third kappa shape index (κ3) is 9.82. The van der Waals surface area contributed by atoms with Crippen molar-refractivity contribution in [1.82, 2.24) is 15.5 Å². The number of amides is 3. The van der Waals surface area contributed by atoms with Gasteiger partial charge in [0.1, 0.15) is 17.7 Å². The van der Waals surface area contributed by atoms with Gasteiger partial charge in [0.05, 0.1) is 26.2 Å². The van der Waals surface area contributed by atoms with Gasteiger partial charge in [-0.3, -0.25) is 14.4 Å². The fourth-order valence-corrected chi connectivity index (χ4v) is 3.33. The Kier molecular flexibility index (Phi) is 12.3. The summed E-state index contributed by atoms with van der Waals surface area (Å²) in [7, 11) is 0. The molecule has 2 unspecified atom stereocenters. The van der Waals surface area contributed by atoms with Crippen LogP contribution in [0, 0.1) is 13.8 Å². The van der Waals surface area contributed by atoms with Gasteiger partial charge >= 0.3 is 12.1 Å². The van der Waals surface area contributed by atoms with Gasteiger partial charge in [-0.1, -0.05) is 18.2 Å². The smallest absolute Gasteiger partial charge is 0.408 e. The zero-order valence-electron chi connectivity index (χ0n) is 21.9. The topological polar surface area (TPSA) is 154 Å². The van der Waals surface area contributed by atoms with Crippen molar-refractivity contribution in [2.75, 3.05) is 32.9 Å². The molecule has 0 spiro atoms. The molecule has 202 valence electrons. The average molecular weight is 510 g/mol. The van der Waals surface area contributed by atoms with E-state index in [4.69, 9.17) is 9.47 Å². The van der Waals surface area contributed by atoms with Crippen LogP contribution in [-0.4, -0.2) is 83.5 Å². The highest BCUT2D eigenvalue weighted by atomic mass is 16.6. The number of carbonyl (C=O) groups is 4. The van der Waals surface area contributed by atoms with Crippen LogP contribution in [0.4, 0.5) is 4.79 Å². The first kappa shape index (κ1) is 30.9. The molecular formula is C25H39N3O8. The molecule has 0 aliphatic carbocycles. The molecule has 0 aliphatic rings. The Morgan fingerprint density at radius 3 is 2.28 bits per heavy atom. The molecule has 0 radical (unpaired) electrons. The molecule has 2 atom stereocenters. The molecule has 4 N–H and O–H groups in total. The summed E-state index contributed by atoms with van der Waals surface area (Å²) in [6.45, 7) is 9.07. The van der Waals surface area contributed by atoms with E-state index >= 15 is 0 Å². The lowest BCUT2D eigenvalue weighted by atomic mass is 9.98. The summed E-state index contributed by atoms with van der Waals surface area (Å²) in [5.41, 5.74) is 1.47. The van der Waals surface area contributed by atoms with Gasteiger partial charge in [-0.15, -0.1) is 0 Å². The van der Waals surface area contributed by atoms with E-state index in [1.807, 2.05) is 13.8 Å². The fraction of sp³-hybridized carbons (Fsp3) is 0.600. The second kappa shape index (κ2) is 14.4. The molecular weight excluding hydrogens is 470 g/mol. The van der Waals surface area contributed by atoms with Crippen molar-refractivity contribution in [3.05, 3.63) is 34.9 Å². The maximum Gasteiger partial charge on any atom is 0.408 e. The van der Waals surface area contributed by atoms with E-state index in [-0.39, 0.29) is 26.1 Å². The van der Waals surface area contributed by atoms with Crippen molar-refractivity contribution in [2.24, 2.45) is 0 Å². The van der Waals surface area contributed by atoms with Crippen molar-refractivity contribution in [3.8, 4) is 0 Å². The number of nitrogens with one attached hydrogen (secondary N) is 2. The van der Waals surface area contributed by atoms with Crippen LogP contribution in [0.5, 0.6) is 0 Å². The molecule has 11 nitrogen and oxygen atoms in total. The van der Waals surface area contributed by atoms with Crippen molar-refractivity contribution in [3.63, 3.8) is 0 Å². The third-order valence-corrected chi connectivity index (χ3v) is 5.14. The Morgan fingerprint density at radius 2 is 1.75 bits per heavy atom. The lowest BCUT2D eigenvalue weighted by molar-refractivity contribution is -0.145. The van der Waals surface area contributed by atoms with Crippen LogP contribution < -0.4 is 10.6 Å². The zero-order valence-corrected chi connectivity index (χ0v) is 21.9. The number of benzene rings is 1. The number of aliphatic hydroxyl groups excluding tert-OH is 2. The number of esters is 1. The van der Waals surface area contributed by atoms with Gasteiger partial charge < -0.3 is 35.2 Å². The largest absolute Gasteiger partial charge is 0.466 e. The van der Waals surface area contributed by atoms with Gasteiger partial charge in [0.15, 0.2) is 0 Å². The highest BCUT2D eigenvalue weighted by Crippen LogP contribution is 2.24. The summed E-state index contributed by atoms with van der Waals surface area (Å²) < 4.78 is 10.0. The zero-order chi connectivity index (χ0) is 27.5. The summed E-state index contributed by atoms with van der Waals surface area (Å²) in [6, 6.07) is 2.60. The summed E-state index contributed by atoms with van der Waals surface area (Å²) >= 11 is 0. The Bertz CT molecular complexity index is 913. The van der Waals surface area contributed by atoms with E-state index in [1.54, 1.807) is 45.9 Å². The summed E-state index contributed by atoms with van der Waals surface area (Å²) in [6.07, 6.45) is -0.979. The van der Waals surface area contributed by atoms with E-state index in [0.717, 1.165) is 16.0 Å². The Labute approximate surface area is 212 Å². The minimum Gasteiger partial charge on any atom is -0.466 e. The van der Waals surface area contributed by atoms with Crippen molar-refractivity contribution in [2.45, 2.75) is 65.6 Å². The van der Waals surface area contributed by atoms with Gasteiger partial charge in [-0.25, -0.2) is 4.79 Å². The first-order valence-corrected chi connectivity index (χ1v) is 11.9. The first-order valence-electron chi connectivity index (χ1n) is 11.9. The quantitative estimate of drug-likeness (QED) is 0.306. The number of aryl methyl sites for hydroxylation is 2. The summed E-state index contributed by atoms with van der Waals surface area (Å²) in [4.78, 5) is 51.7. The molecule has 36 heavy (non-hydrogen) atoms. The number of hydrogen-bond donors (Lipinski definition) is 4. The molecule has 0 fully saturated rings. The van der Waals surface area contributed by atoms with Crippen LogP contribution in [-0.2, 0) is 23.9 Å². The lowest BCUT2D eigenvalue weighted by Gasteiger charge is -2.34. The molecule has 0 bridgehead atoms. The number of alkyl carbamates (subject to hydrolysis) is 1. The van der Waals surface area contributed by atoms with E-state index < -0.39 is 54.8 Å². The van der Waals surface area contributed by atoms with E-state index in [2.05, 4.69) is 10.6 Å². The molecule has 0 saturated carbocycles. The SMILES string of the molecule is CCOC(=O)CCNC(=O)C(c1ccc(C)c(C)c1)N(CCO)C(=O)C(CO)NC(=O)OC(C)(C)C. The molecule has 1 rings (SSSR count).